The third-order valence-electron chi connectivity index (χ3n) is 7.54. The zero-order chi connectivity index (χ0) is 25.4. The first-order valence-electron chi connectivity index (χ1n) is 12.3. The summed E-state index contributed by atoms with van der Waals surface area (Å²) in [5.74, 6) is 2.05. The van der Waals surface area contributed by atoms with Gasteiger partial charge in [0, 0.05) is 11.5 Å². The van der Waals surface area contributed by atoms with Crippen LogP contribution in [0.5, 0.6) is 11.5 Å². The van der Waals surface area contributed by atoms with Crippen molar-refractivity contribution < 1.29 is 59.5 Å². The van der Waals surface area contributed by atoms with Gasteiger partial charge in [-0.1, -0.05) is 53.7 Å². The van der Waals surface area contributed by atoms with Crippen LogP contribution >= 0.6 is 0 Å². The molecule has 2 nitrogen and oxygen atoms in total. The molecule has 0 radical (unpaired) electrons. The molecule has 0 N–H and O–H groups in total. The topological polar surface area (TPSA) is 18.5 Å². The summed E-state index contributed by atoms with van der Waals surface area (Å²) < 4.78 is 12.6. The van der Waals surface area contributed by atoms with Crippen LogP contribution in [-0.2, 0) is 25.8 Å². The molecule has 4 rings (SSSR count). The maximum absolute atomic E-state index is 6.29. The largest absolute Gasteiger partial charge is 4.00 e. The Balaban J connectivity index is 0.000000648. The molecule has 0 saturated carbocycles. The standard InChI is InChI=1S/2C15H21OSi.2ClH.Hf/c2*1-15(2,3)17(4,5)16-14-10-12-8-6-7-9-13(12)11-14;;;/h2*6-11H,1-5H3;2*1H;/q2*-1;;;+4/p-2. The van der Waals surface area contributed by atoms with Crippen LogP contribution in [0, 0.1) is 0 Å². The molecule has 4 aromatic rings. The molecule has 0 spiro atoms. The van der Waals surface area contributed by atoms with Crippen molar-refractivity contribution in [2.75, 3.05) is 0 Å². The molecule has 7 heteroatoms. The first kappa shape index (κ1) is 36.1. The summed E-state index contributed by atoms with van der Waals surface area (Å²) in [7, 11) is -3.42. The number of rotatable bonds is 4. The van der Waals surface area contributed by atoms with Crippen LogP contribution < -0.4 is 33.7 Å². The van der Waals surface area contributed by atoms with Crippen LogP contribution in [0.1, 0.15) is 41.5 Å². The van der Waals surface area contributed by atoms with E-state index < -0.39 is 16.6 Å². The van der Waals surface area contributed by atoms with Crippen LogP contribution in [0.3, 0.4) is 0 Å². The van der Waals surface area contributed by atoms with Gasteiger partial charge in [-0.05, 0) is 36.3 Å². The summed E-state index contributed by atoms with van der Waals surface area (Å²) >= 11 is 0. The fraction of sp³-hybridized carbons (Fsp3) is 0.400. The average Bonchev–Trinajstić information content (AvgIpc) is 3.28. The van der Waals surface area contributed by atoms with Crippen molar-refractivity contribution in [2.24, 2.45) is 0 Å². The molecule has 0 amide bonds. The fourth-order valence-corrected chi connectivity index (χ4v) is 5.28. The van der Waals surface area contributed by atoms with E-state index in [2.05, 4.69) is 141 Å². The van der Waals surface area contributed by atoms with Gasteiger partial charge >= 0.3 is 25.8 Å². The van der Waals surface area contributed by atoms with Crippen molar-refractivity contribution in [3.8, 4) is 11.5 Å². The molecule has 0 aromatic heterocycles. The molecular weight excluding hydrogens is 698 g/mol. The van der Waals surface area contributed by atoms with Crippen molar-refractivity contribution in [2.45, 2.75) is 77.8 Å². The minimum Gasteiger partial charge on any atom is -1.00 e. The van der Waals surface area contributed by atoms with Crippen LogP contribution in [-0.4, -0.2) is 16.6 Å². The SMILES string of the molecule is CC(C)(C)[Si](C)(C)Oc1cc2ccccc2[cH-]1.CC(C)(C)[Si](C)(C)Oc1cc2ccccc2[cH-]1.[Cl-].[Cl-].[Hf+4]. The summed E-state index contributed by atoms with van der Waals surface area (Å²) in [6.45, 7) is 22.7. The molecule has 0 fully saturated rings. The van der Waals surface area contributed by atoms with Crippen molar-refractivity contribution in [1.29, 1.82) is 0 Å². The van der Waals surface area contributed by atoms with Gasteiger partial charge in [-0.3, -0.25) is 0 Å². The Morgan fingerprint density at radius 1 is 0.568 bits per heavy atom. The van der Waals surface area contributed by atoms with Crippen molar-refractivity contribution in [1.82, 2.24) is 0 Å². The predicted molar refractivity (Wildman–Crippen MR) is 155 cm³/mol. The molecule has 0 heterocycles. The van der Waals surface area contributed by atoms with Gasteiger partial charge in [0.05, 0.1) is 0 Å². The quantitative estimate of drug-likeness (QED) is 0.234. The molecule has 0 aliphatic heterocycles. The number of halogens is 2. The van der Waals surface area contributed by atoms with E-state index in [-0.39, 0.29) is 60.7 Å². The zero-order valence-corrected chi connectivity index (χ0v) is 31.1. The van der Waals surface area contributed by atoms with Crippen LogP contribution in [0.4, 0.5) is 0 Å². The molecular formula is C30H42Cl2HfO2Si2. The maximum atomic E-state index is 6.29. The summed E-state index contributed by atoms with van der Waals surface area (Å²) in [6, 6.07) is 25.4. The smallest absolute Gasteiger partial charge is 1.00 e. The Kier molecular flexibility index (Phi) is 13.2. The Bertz CT molecular complexity index is 1080. The molecule has 0 aliphatic carbocycles. The maximum Gasteiger partial charge on any atom is 4.00 e. The van der Waals surface area contributed by atoms with E-state index in [4.69, 9.17) is 8.85 Å². The van der Waals surface area contributed by atoms with E-state index >= 15 is 0 Å². The molecule has 0 atom stereocenters. The normalized spacial score (nSPS) is 11.9. The molecule has 0 unspecified atom stereocenters. The molecule has 0 saturated heterocycles. The van der Waals surface area contributed by atoms with Gasteiger partial charge < -0.3 is 33.7 Å². The van der Waals surface area contributed by atoms with Crippen LogP contribution in [0.2, 0.25) is 36.3 Å². The Hall–Kier alpha value is -0.856. The van der Waals surface area contributed by atoms with Gasteiger partial charge in [-0.2, -0.15) is 0 Å². The first-order valence-corrected chi connectivity index (χ1v) is 18.1. The molecule has 0 aliphatic rings. The molecule has 4 aromatic carbocycles. The van der Waals surface area contributed by atoms with Crippen LogP contribution in [0.15, 0.2) is 72.8 Å². The Morgan fingerprint density at radius 3 is 1.14 bits per heavy atom. The van der Waals surface area contributed by atoms with E-state index in [1.807, 2.05) is 0 Å². The van der Waals surface area contributed by atoms with Gasteiger partial charge in [0.25, 0.3) is 0 Å². The third-order valence-corrected chi connectivity index (χ3v) is 16.3. The van der Waals surface area contributed by atoms with Gasteiger partial charge in [0.1, 0.15) is 0 Å². The monoisotopic (exact) mass is 740 g/mol. The number of benzene rings is 2. The first-order chi connectivity index (χ1) is 15.6. The summed E-state index contributed by atoms with van der Waals surface area (Å²) in [5, 5.41) is 5.55. The summed E-state index contributed by atoms with van der Waals surface area (Å²) in [4.78, 5) is 0. The summed E-state index contributed by atoms with van der Waals surface area (Å²) in [5.41, 5.74) is 0. The minimum absolute atomic E-state index is 0. The van der Waals surface area contributed by atoms with Crippen molar-refractivity contribution >= 4 is 38.2 Å². The fourth-order valence-electron chi connectivity index (χ4n) is 3.26. The summed E-state index contributed by atoms with van der Waals surface area (Å²) in [6.07, 6.45) is 0. The van der Waals surface area contributed by atoms with E-state index in [1.54, 1.807) is 0 Å². The van der Waals surface area contributed by atoms with Crippen LogP contribution in [0.25, 0.3) is 21.5 Å². The van der Waals surface area contributed by atoms with E-state index in [0.717, 1.165) is 11.5 Å². The number of fused-ring (bicyclic) bond motifs is 2. The minimum atomic E-state index is -1.71. The van der Waals surface area contributed by atoms with Gasteiger partial charge in [0.2, 0.25) is 16.6 Å². The van der Waals surface area contributed by atoms with Crippen molar-refractivity contribution in [3.63, 3.8) is 0 Å². The number of hydrogen-bond acceptors (Lipinski definition) is 2. The van der Waals surface area contributed by atoms with Gasteiger partial charge in [-0.25, -0.2) is 0 Å². The van der Waals surface area contributed by atoms with Gasteiger partial charge in [-0.15, -0.1) is 82.2 Å². The third kappa shape index (κ3) is 9.10. The number of hydrogen-bond donors (Lipinski definition) is 0. The second-order valence-corrected chi connectivity index (χ2v) is 21.8. The predicted octanol–water partition coefficient (Wildman–Crippen LogP) is 3.89. The second-order valence-electron chi connectivity index (χ2n) is 12.4. The van der Waals surface area contributed by atoms with Crippen molar-refractivity contribution in [3.05, 3.63) is 72.8 Å². The second kappa shape index (κ2) is 13.5. The van der Waals surface area contributed by atoms with E-state index in [0.29, 0.717) is 0 Å². The zero-order valence-electron chi connectivity index (χ0n) is 24.0. The Morgan fingerprint density at radius 2 is 0.865 bits per heavy atom. The molecule has 200 valence electrons. The van der Waals surface area contributed by atoms with E-state index in [1.165, 1.54) is 21.5 Å². The van der Waals surface area contributed by atoms with E-state index in [9.17, 15) is 0 Å². The molecule has 37 heavy (non-hydrogen) atoms. The average molecular weight is 740 g/mol. The molecule has 0 bridgehead atoms. The van der Waals surface area contributed by atoms with Gasteiger partial charge in [0.15, 0.2) is 0 Å². The Labute approximate surface area is 258 Å².